The molecule has 9 heavy (non-hydrogen) atoms. The number of hydrogen-bond donors (Lipinski definition) is 1. The van der Waals surface area contributed by atoms with E-state index >= 15 is 0 Å². The van der Waals surface area contributed by atoms with E-state index in [2.05, 4.69) is 0 Å². The Morgan fingerprint density at radius 3 is 1.44 bits per heavy atom. The van der Waals surface area contributed by atoms with Crippen molar-refractivity contribution in [1.82, 2.24) is 0 Å². The van der Waals surface area contributed by atoms with Gasteiger partial charge in [-0.2, -0.15) is 0 Å². The summed E-state index contributed by atoms with van der Waals surface area (Å²) in [4.78, 5) is 16.7. The van der Waals surface area contributed by atoms with Crippen molar-refractivity contribution < 1.29 is 25.3 Å². The Hall–Kier alpha value is 0.0414. The van der Waals surface area contributed by atoms with Gasteiger partial charge in [0, 0.05) is 0 Å². The number of carbonyl (C=O) groups excluding carboxylic acids is 1. The first-order valence-electron chi connectivity index (χ1n) is 1.18. The van der Waals surface area contributed by atoms with Gasteiger partial charge in [0.15, 0.2) is 0 Å². The monoisotopic (exact) mass is 261 g/mol. The van der Waals surface area contributed by atoms with Gasteiger partial charge in [0.25, 0.3) is 5.09 Å². The molecule has 7 nitrogen and oxygen atoms in total. The second kappa shape index (κ2) is 10.9. The number of rotatable bonds is 0. The Balaban J connectivity index is -0.0000000720. The molecule has 0 radical (unpaired) electrons. The average molecular weight is 260 g/mol. The number of hydrogen-bond acceptors (Lipinski definition) is 5. The molecule has 0 bridgehead atoms. The molecular weight excluding hydrogens is 259 g/mol. The van der Waals surface area contributed by atoms with Crippen LogP contribution in [0.1, 0.15) is 0 Å². The van der Waals surface area contributed by atoms with E-state index in [1.54, 1.807) is 0 Å². The topological polar surface area (TPSA) is 127 Å². The van der Waals surface area contributed by atoms with Crippen molar-refractivity contribution in [3.8, 4) is 0 Å². The summed E-state index contributed by atoms with van der Waals surface area (Å²) < 4.78 is 0. The van der Waals surface area contributed by atoms with Crippen LogP contribution in [0.5, 0.6) is 0 Å². The molecule has 0 aliphatic heterocycles. The molecule has 0 unspecified atom stereocenters. The van der Waals surface area contributed by atoms with Gasteiger partial charge in [-0.25, -0.2) is 0 Å². The Morgan fingerprint density at radius 2 is 1.44 bits per heavy atom. The van der Waals surface area contributed by atoms with Gasteiger partial charge >= 0.3 is 48.9 Å². The predicted octanol–water partition coefficient (Wildman–Crippen LogP) is -3.18. The summed E-state index contributed by atoms with van der Waals surface area (Å²) in [6.45, 7) is 0. The number of carboxylic acid groups (broad SMARTS) is 2. The van der Waals surface area contributed by atoms with Gasteiger partial charge < -0.3 is 20.2 Å². The van der Waals surface area contributed by atoms with Crippen LogP contribution in [0, 0.1) is 10.1 Å². The Morgan fingerprint density at radius 1 is 1.44 bits per heavy atom. The summed E-state index contributed by atoms with van der Waals surface area (Å²) >= 11 is 0. The molecule has 0 heterocycles. The summed E-state index contributed by atoms with van der Waals surface area (Å²) in [6.07, 6.45) is -2.33. The SMILES string of the molecule is O=C([O-])[O-].O=[N+]([O-])O.[Ba+2]. The van der Waals surface area contributed by atoms with Gasteiger partial charge in [0.05, 0.1) is 0 Å². The second-order valence-corrected chi connectivity index (χ2v) is 0.488. The van der Waals surface area contributed by atoms with Gasteiger partial charge in [-0.15, -0.1) is 10.1 Å². The van der Waals surface area contributed by atoms with E-state index in [4.69, 9.17) is 30.3 Å². The fraction of sp³-hybridized carbons (Fsp3) is 0. The van der Waals surface area contributed by atoms with Crippen LogP contribution in [0.4, 0.5) is 4.79 Å². The van der Waals surface area contributed by atoms with Gasteiger partial charge in [-0.05, 0) is 6.16 Å². The zero-order valence-electron chi connectivity index (χ0n) is 4.14. The maximum atomic E-state index is 8.36. The van der Waals surface area contributed by atoms with Crippen LogP contribution in [-0.4, -0.2) is 65.3 Å². The zero-order chi connectivity index (χ0) is 7.15. The Labute approximate surface area is 89.5 Å². The van der Waals surface area contributed by atoms with E-state index in [1.807, 2.05) is 0 Å². The van der Waals surface area contributed by atoms with Crippen molar-refractivity contribution in [2.24, 2.45) is 0 Å². The van der Waals surface area contributed by atoms with Gasteiger partial charge in [-0.1, -0.05) is 0 Å². The maximum Gasteiger partial charge on any atom is 2.00 e. The molecule has 0 spiro atoms. The Bertz CT molecular complexity index is 71.1. The van der Waals surface area contributed by atoms with Crippen molar-refractivity contribution in [3.63, 3.8) is 0 Å². The predicted molar refractivity (Wildman–Crippen MR) is 19.9 cm³/mol. The average Bonchev–Trinajstić information content (AvgIpc) is 1.25. The Kier molecular flexibility index (Phi) is 19.4. The van der Waals surface area contributed by atoms with E-state index in [-0.39, 0.29) is 48.9 Å². The molecule has 0 rings (SSSR count). The van der Waals surface area contributed by atoms with Gasteiger partial charge in [0.2, 0.25) is 0 Å². The van der Waals surface area contributed by atoms with Crippen LogP contribution >= 0.6 is 0 Å². The van der Waals surface area contributed by atoms with Crippen LogP contribution in [0.25, 0.3) is 0 Å². The minimum atomic E-state index is -2.33. The quantitative estimate of drug-likeness (QED) is 0.278. The van der Waals surface area contributed by atoms with Crippen LogP contribution in [0.2, 0.25) is 0 Å². The molecule has 0 aromatic rings. The molecule has 0 aliphatic rings. The van der Waals surface area contributed by atoms with Crippen molar-refractivity contribution >= 4 is 55.0 Å². The summed E-state index contributed by atoms with van der Waals surface area (Å²) in [5.74, 6) is 0. The third kappa shape index (κ3) is 171000. The summed E-state index contributed by atoms with van der Waals surface area (Å²) in [5.41, 5.74) is 0. The molecule has 0 saturated carbocycles. The third-order valence-electron chi connectivity index (χ3n) is 0. The van der Waals surface area contributed by atoms with Crippen LogP contribution in [-0.2, 0) is 0 Å². The number of nitrogens with zero attached hydrogens (tertiary/aromatic N) is 1. The van der Waals surface area contributed by atoms with E-state index in [1.165, 1.54) is 0 Å². The zero-order valence-corrected chi connectivity index (χ0v) is 8.58. The molecule has 48 valence electrons. The maximum absolute atomic E-state index is 8.36. The van der Waals surface area contributed by atoms with Crippen molar-refractivity contribution in [2.75, 3.05) is 0 Å². The second-order valence-electron chi connectivity index (χ2n) is 0.488. The summed E-state index contributed by atoms with van der Waals surface area (Å²) in [5, 5.41) is 30.3. The van der Waals surface area contributed by atoms with Crippen molar-refractivity contribution in [1.29, 1.82) is 0 Å². The molecule has 0 aromatic carbocycles. The summed E-state index contributed by atoms with van der Waals surface area (Å²) in [6, 6.07) is 0. The molecular formula is CHBaNO6. The largest absolute Gasteiger partial charge is 2.00 e. The van der Waals surface area contributed by atoms with E-state index in [0.29, 0.717) is 0 Å². The molecule has 0 atom stereocenters. The van der Waals surface area contributed by atoms with Crippen LogP contribution in [0.15, 0.2) is 0 Å². The molecule has 0 saturated heterocycles. The first kappa shape index (κ1) is 16.0. The smallest absolute Gasteiger partial charge is 0.652 e. The van der Waals surface area contributed by atoms with E-state index in [0.717, 1.165) is 0 Å². The van der Waals surface area contributed by atoms with Gasteiger partial charge in [0.1, 0.15) is 0 Å². The first-order chi connectivity index (χ1) is 3.46. The number of carbonyl (C=O) groups is 1. The van der Waals surface area contributed by atoms with E-state index in [9.17, 15) is 0 Å². The normalized spacial score (nSPS) is 5.33. The molecule has 0 fully saturated rings. The first-order valence-corrected chi connectivity index (χ1v) is 1.18. The summed E-state index contributed by atoms with van der Waals surface area (Å²) in [7, 11) is 0. The van der Waals surface area contributed by atoms with Crippen LogP contribution < -0.4 is 10.2 Å². The van der Waals surface area contributed by atoms with Crippen molar-refractivity contribution in [2.45, 2.75) is 0 Å². The third-order valence-corrected chi connectivity index (χ3v) is 0. The van der Waals surface area contributed by atoms with Crippen LogP contribution in [0.3, 0.4) is 0 Å². The fourth-order valence-electron chi connectivity index (χ4n) is 0. The molecule has 0 amide bonds. The molecule has 0 aliphatic carbocycles. The van der Waals surface area contributed by atoms with E-state index < -0.39 is 11.2 Å². The minimum Gasteiger partial charge on any atom is -0.652 e. The molecule has 1 N–H and O–H groups in total. The van der Waals surface area contributed by atoms with Crippen molar-refractivity contribution in [3.05, 3.63) is 10.1 Å². The minimum absolute atomic E-state index is 0. The molecule has 8 heteroatoms. The molecule has 0 aromatic heterocycles. The van der Waals surface area contributed by atoms with Gasteiger partial charge in [-0.3, -0.25) is 0 Å². The standard InChI is InChI=1S/CH2O3.Ba.HNO3/c2-1(3)4;;2-1(3)4/h(H2,2,3,4);;(H,2,3,4)/q;+2;/p-2. The fourth-order valence-corrected chi connectivity index (χ4v) is 0.